The molecule has 1 aliphatic heterocycles. The highest BCUT2D eigenvalue weighted by Gasteiger charge is 2.36. The highest BCUT2D eigenvalue weighted by atomic mass is 35.5. The summed E-state index contributed by atoms with van der Waals surface area (Å²) in [6.45, 7) is 2.05. The van der Waals surface area contributed by atoms with Crippen molar-refractivity contribution in [3.63, 3.8) is 0 Å². The van der Waals surface area contributed by atoms with Crippen LogP contribution in [0.5, 0.6) is 0 Å². The predicted octanol–water partition coefficient (Wildman–Crippen LogP) is 4.66. The zero-order valence-corrected chi connectivity index (χ0v) is 22.1. The maximum Gasteiger partial charge on any atom is 0.418 e. The summed E-state index contributed by atoms with van der Waals surface area (Å²) < 4.78 is 41.5. The van der Waals surface area contributed by atoms with Crippen LogP contribution in [0.25, 0.3) is 0 Å². The van der Waals surface area contributed by atoms with Crippen molar-refractivity contribution in [1.82, 2.24) is 10.3 Å². The van der Waals surface area contributed by atoms with Crippen LogP contribution in [0, 0.1) is 0 Å². The summed E-state index contributed by atoms with van der Waals surface area (Å²) in [5.74, 6) is -0.795. The number of carbonyl (C=O) groups is 2. The average molecular weight is 569 g/mol. The van der Waals surface area contributed by atoms with Gasteiger partial charge in [-0.15, -0.1) is 24.8 Å². The van der Waals surface area contributed by atoms with Crippen LogP contribution in [0.1, 0.15) is 43.0 Å². The van der Waals surface area contributed by atoms with E-state index in [0.29, 0.717) is 55.7 Å². The average Bonchev–Trinajstić information content (AvgIpc) is 2.87. The summed E-state index contributed by atoms with van der Waals surface area (Å²) in [7, 11) is 0. The van der Waals surface area contributed by atoms with Gasteiger partial charge in [-0.05, 0) is 47.7 Å². The molecule has 0 atom stereocenters. The molecule has 0 bridgehead atoms. The number of rotatable bonds is 8. The fourth-order valence-electron chi connectivity index (χ4n) is 4.45. The van der Waals surface area contributed by atoms with E-state index in [1.165, 1.54) is 12.3 Å². The summed E-state index contributed by atoms with van der Waals surface area (Å²) in [4.78, 5) is 30.3. The number of nitrogens with two attached hydrogens (primary N) is 1. The van der Waals surface area contributed by atoms with E-state index in [2.05, 4.69) is 10.3 Å². The second kappa shape index (κ2) is 13.6. The first-order chi connectivity index (χ1) is 17.2. The number of alkyl halides is 3. The largest absolute Gasteiger partial charge is 0.418 e. The number of amides is 1. The number of nitrogens with zero attached hydrogens (tertiary/aromatic N) is 2. The van der Waals surface area contributed by atoms with E-state index in [1.807, 2.05) is 6.07 Å². The third kappa shape index (κ3) is 7.69. The molecule has 1 aliphatic rings. The van der Waals surface area contributed by atoms with Crippen molar-refractivity contribution >= 4 is 42.2 Å². The third-order valence-electron chi connectivity index (χ3n) is 6.24. The number of benzene rings is 2. The zero-order chi connectivity index (χ0) is 25.7. The molecule has 11 heteroatoms. The number of aromatic nitrogens is 1. The van der Waals surface area contributed by atoms with Crippen LogP contribution in [-0.4, -0.2) is 42.9 Å². The van der Waals surface area contributed by atoms with E-state index < -0.39 is 17.6 Å². The molecule has 1 amide bonds. The van der Waals surface area contributed by atoms with Crippen molar-refractivity contribution in [2.75, 3.05) is 31.1 Å². The quantitative estimate of drug-likeness (QED) is 0.386. The number of primary amides is 1. The summed E-state index contributed by atoms with van der Waals surface area (Å²) >= 11 is 0. The van der Waals surface area contributed by atoms with Gasteiger partial charge in [0, 0.05) is 50.6 Å². The Morgan fingerprint density at radius 1 is 0.921 bits per heavy atom. The van der Waals surface area contributed by atoms with Crippen molar-refractivity contribution in [2.24, 2.45) is 5.73 Å². The molecule has 3 aromatic rings. The molecule has 204 valence electrons. The number of para-hydroxylation sites is 1. The number of hydrogen-bond donors (Lipinski definition) is 2. The second-order valence-electron chi connectivity index (χ2n) is 8.79. The lowest BCUT2D eigenvalue weighted by molar-refractivity contribution is -0.137. The lowest BCUT2D eigenvalue weighted by atomic mass is 9.95. The van der Waals surface area contributed by atoms with Gasteiger partial charge in [-0.3, -0.25) is 14.6 Å². The van der Waals surface area contributed by atoms with Gasteiger partial charge in [-0.25, -0.2) is 0 Å². The smallest absolute Gasteiger partial charge is 0.368 e. The predicted molar refractivity (Wildman–Crippen MR) is 146 cm³/mol. The normalized spacial score (nSPS) is 13.3. The molecular weight excluding hydrogens is 540 g/mol. The van der Waals surface area contributed by atoms with Gasteiger partial charge in [-0.1, -0.05) is 30.3 Å². The molecule has 0 saturated carbocycles. The van der Waals surface area contributed by atoms with Crippen LogP contribution in [-0.2, 0) is 25.4 Å². The van der Waals surface area contributed by atoms with Gasteiger partial charge in [0.05, 0.1) is 16.8 Å². The molecule has 0 spiro atoms. The minimum atomic E-state index is -4.51. The van der Waals surface area contributed by atoms with E-state index in [4.69, 9.17) is 5.73 Å². The number of nitrogens with one attached hydrogen (secondary N) is 1. The number of halogens is 5. The van der Waals surface area contributed by atoms with Crippen LogP contribution in [0.2, 0.25) is 0 Å². The molecule has 0 unspecified atom stereocenters. The maximum absolute atomic E-state index is 13.8. The molecule has 0 radical (unpaired) electrons. The van der Waals surface area contributed by atoms with Crippen LogP contribution >= 0.6 is 24.8 Å². The Balaban J connectivity index is 0.00000253. The molecule has 0 aliphatic carbocycles. The van der Waals surface area contributed by atoms with Crippen molar-refractivity contribution in [2.45, 2.75) is 25.4 Å². The van der Waals surface area contributed by atoms with E-state index in [-0.39, 0.29) is 42.7 Å². The Kier molecular flexibility index (Phi) is 11.1. The Bertz CT molecular complexity index is 1270. The molecule has 1 saturated heterocycles. The summed E-state index contributed by atoms with van der Waals surface area (Å²) in [6, 6.07) is 12.8. The van der Waals surface area contributed by atoms with E-state index in [0.717, 1.165) is 17.2 Å². The van der Waals surface area contributed by atoms with E-state index in [1.54, 1.807) is 41.4 Å². The molecule has 1 fully saturated rings. The first kappa shape index (κ1) is 31.1. The Labute approximate surface area is 231 Å². The van der Waals surface area contributed by atoms with Crippen molar-refractivity contribution < 1.29 is 22.8 Å². The molecule has 3 N–H and O–H groups in total. The fraction of sp³-hybridized carbons (Fsp3) is 0.296. The minimum absolute atomic E-state index is 0. The van der Waals surface area contributed by atoms with Crippen LogP contribution < -0.4 is 16.0 Å². The van der Waals surface area contributed by atoms with Gasteiger partial charge >= 0.3 is 6.18 Å². The SMILES string of the molecule is Cl.Cl.NC(=O)c1cncc(CCc2cccc(C(=O)Cc3cccc(C(F)(F)F)c3N3CCNCC3)c2)c1. The van der Waals surface area contributed by atoms with Gasteiger partial charge in [-0.2, -0.15) is 13.2 Å². The number of piperazine rings is 1. The molecule has 38 heavy (non-hydrogen) atoms. The van der Waals surface area contributed by atoms with Gasteiger partial charge in [0.1, 0.15) is 0 Å². The number of pyridine rings is 1. The fourth-order valence-corrected chi connectivity index (χ4v) is 4.45. The summed E-state index contributed by atoms with van der Waals surface area (Å²) in [5.41, 5.74) is 7.58. The molecule has 6 nitrogen and oxygen atoms in total. The number of hydrogen-bond acceptors (Lipinski definition) is 5. The zero-order valence-electron chi connectivity index (χ0n) is 20.5. The molecule has 2 aromatic carbocycles. The molecule has 4 rings (SSSR count). The van der Waals surface area contributed by atoms with E-state index >= 15 is 0 Å². The highest BCUT2D eigenvalue weighted by Crippen LogP contribution is 2.39. The third-order valence-corrected chi connectivity index (χ3v) is 6.24. The number of ketones is 1. The van der Waals surface area contributed by atoms with Crippen molar-refractivity contribution in [1.29, 1.82) is 0 Å². The number of Topliss-reactive ketones (excluding diaryl/α,β-unsaturated/α-hetero) is 1. The Morgan fingerprint density at radius 3 is 2.26 bits per heavy atom. The second-order valence-corrected chi connectivity index (χ2v) is 8.79. The Hall–Kier alpha value is -3.14. The number of aryl methyl sites for hydroxylation is 2. The van der Waals surface area contributed by atoms with Gasteiger partial charge in [0.2, 0.25) is 5.91 Å². The summed E-state index contributed by atoms with van der Waals surface area (Å²) in [5, 5.41) is 3.15. The number of anilines is 1. The lowest BCUT2D eigenvalue weighted by Gasteiger charge is -2.33. The molecule has 2 heterocycles. The standard InChI is InChI=1S/C27H27F3N4O2.2ClH/c28-27(29,30)23-6-2-5-21(25(23)34-11-9-32-10-12-34)15-24(35)20-4-1-3-18(13-20)7-8-19-14-22(26(31)36)17-33-16-19;;/h1-6,13-14,16-17,32H,7-12,15H2,(H2,31,36);2*1H. The molecule has 1 aromatic heterocycles. The van der Waals surface area contributed by atoms with Crippen LogP contribution in [0.15, 0.2) is 60.9 Å². The first-order valence-electron chi connectivity index (χ1n) is 11.7. The monoisotopic (exact) mass is 568 g/mol. The van der Waals surface area contributed by atoms with Gasteiger partial charge in [0.25, 0.3) is 0 Å². The first-order valence-corrected chi connectivity index (χ1v) is 11.7. The van der Waals surface area contributed by atoms with Gasteiger partial charge < -0.3 is 16.0 Å². The van der Waals surface area contributed by atoms with Gasteiger partial charge in [0.15, 0.2) is 5.78 Å². The lowest BCUT2D eigenvalue weighted by Crippen LogP contribution is -2.44. The minimum Gasteiger partial charge on any atom is -0.368 e. The maximum atomic E-state index is 13.8. The van der Waals surface area contributed by atoms with E-state index in [9.17, 15) is 22.8 Å². The highest BCUT2D eigenvalue weighted by molar-refractivity contribution is 5.98. The number of carbonyl (C=O) groups excluding carboxylic acids is 2. The summed E-state index contributed by atoms with van der Waals surface area (Å²) in [6.07, 6.45) is -0.384. The van der Waals surface area contributed by atoms with Crippen LogP contribution in [0.3, 0.4) is 0 Å². The van der Waals surface area contributed by atoms with Crippen molar-refractivity contribution in [3.8, 4) is 0 Å². The Morgan fingerprint density at radius 2 is 1.58 bits per heavy atom. The van der Waals surface area contributed by atoms with Crippen LogP contribution in [0.4, 0.5) is 18.9 Å². The molecular formula is C27H29Cl2F3N4O2. The van der Waals surface area contributed by atoms with Crippen molar-refractivity contribution in [3.05, 3.63) is 94.3 Å². The topological polar surface area (TPSA) is 88.3 Å².